The fourth-order valence-electron chi connectivity index (χ4n) is 3.41. The molecule has 0 spiro atoms. The molecule has 0 atom stereocenters. The van der Waals surface area contributed by atoms with Crippen LogP contribution in [0.25, 0.3) is 10.9 Å². The zero-order chi connectivity index (χ0) is 24.9. The van der Waals surface area contributed by atoms with Crippen LogP contribution in [0.2, 0.25) is 0 Å². The van der Waals surface area contributed by atoms with E-state index in [-0.39, 0.29) is 24.0 Å². The lowest BCUT2D eigenvalue weighted by Crippen LogP contribution is -2.23. The molecule has 0 saturated heterocycles. The predicted molar refractivity (Wildman–Crippen MR) is 143 cm³/mol. The third-order valence-electron chi connectivity index (χ3n) is 5.26. The minimum atomic E-state index is -0.240. The molecule has 178 valence electrons. The molecule has 35 heavy (non-hydrogen) atoms. The summed E-state index contributed by atoms with van der Waals surface area (Å²) in [6.07, 6.45) is 1.60. The Balaban J connectivity index is 1.46. The number of nitrogens with one attached hydrogen (secondary N) is 1. The Labute approximate surface area is 211 Å². The number of aryl methyl sites for hydroxylation is 1. The van der Waals surface area contributed by atoms with Crippen molar-refractivity contribution in [2.45, 2.75) is 26.7 Å². The maximum absolute atomic E-state index is 13.1. The van der Waals surface area contributed by atoms with Crippen molar-refractivity contribution in [1.82, 2.24) is 9.66 Å². The van der Waals surface area contributed by atoms with E-state index in [1.54, 1.807) is 24.4 Å². The van der Waals surface area contributed by atoms with E-state index in [0.717, 1.165) is 21.3 Å². The van der Waals surface area contributed by atoms with Gasteiger partial charge in [0.15, 0.2) is 6.61 Å². The van der Waals surface area contributed by atoms with Crippen LogP contribution in [0.3, 0.4) is 0 Å². The molecule has 0 aliphatic heterocycles. The van der Waals surface area contributed by atoms with Crippen molar-refractivity contribution >= 4 is 44.6 Å². The van der Waals surface area contributed by atoms with Crippen LogP contribution in [0.5, 0.6) is 5.75 Å². The van der Waals surface area contributed by atoms with Gasteiger partial charge in [-0.2, -0.15) is 9.78 Å². The summed E-state index contributed by atoms with van der Waals surface area (Å²) in [4.78, 5) is 29.9. The molecule has 0 radical (unpaired) electrons. The number of ether oxygens (including phenoxy) is 1. The lowest BCUT2D eigenvalue weighted by molar-refractivity contribution is -0.118. The van der Waals surface area contributed by atoms with E-state index >= 15 is 0 Å². The number of fused-ring (bicyclic) bond motifs is 1. The summed E-state index contributed by atoms with van der Waals surface area (Å²) in [6, 6.07) is 20.1. The van der Waals surface area contributed by atoms with Gasteiger partial charge in [0.2, 0.25) is 0 Å². The van der Waals surface area contributed by atoms with Crippen LogP contribution in [0.4, 0.5) is 5.69 Å². The van der Waals surface area contributed by atoms with Crippen LogP contribution in [0, 0.1) is 6.92 Å². The van der Waals surface area contributed by atoms with Gasteiger partial charge in [0.1, 0.15) is 11.6 Å². The normalized spacial score (nSPS) is 11.3. The highest BCUT2D eigenvalue weighted by molar-refractivity contribution is 9.10. The second kappa shape index (κ2) is 10.7. The summed E-state index contributed by atoms with van der Waals surface area (Å²) in [5.41, 5.74) is 3.04. The number of benzene rings is 3. The maximum Gasteiger partial charge on any atom is 0.282 e. The summed E-state index contributed by atoms with van der Waals surface area (Å²) >= 11 is 3.41. The van der Waals surface area contributed by atoms with E-state index in [9.17, 15) is 9.59 Å². The SMILES string of the molecule is Cc1ccc(NC(=O)COc2ccc(C=Nn3c(C(C)C)nc4ccc(Br)cc4c3=O)cc2)cc1. The Morgan fingerprint density at radius 2 is 1.83 bits per heavy atom. The lowest BCUT2D eigenvalue weighted by atomic mass is 10.2. The number of amides is 1. The monoisotopic (exact) mass is 532 g/mol. The molecule has 0 fully saturated rings. The van der Waals surface area contributed by atoms with Gasteiger partial charge in [-0.25, -0.2) is 4.98 Å². The number of anilines is 1. The van der Waals surface area contributed by atoms with E-state index in [0.29, 0.717) is 22.5 Å². The Morgan fingerprint density at radius 1 is 1.11 bits per heavy atom. The fraction of sp³-hybridized carbons (Fsp3) is 0.185. The second-order valence-electron chi connectivity index (χ2n) is 8.42. The van der Waals surface area contributed by atoms with Crippen molar-refractivity contribution in [3.63, 3.8) is 0 Å². The molecule has 1 amide bonds. The smallest absolute Gasteiger partial charge is 0.282 e. The Morgan fingerprint density at radius 3 is 2.51 bits per heavy atom. The zero-order valence-corrected chi connectivity index (χ0v) is 21.2. The maximum atomic E-state index is 13.1. The summed E-state index contributed by atoms with van der Waals surface area (Å²) in [6.45, 7) is 5.83. The number of hydrogen-bond donors (Lipinski definition) is 1. The van der Waals surface area contributed by atoms with Crippen LogP contribution in [0.15, 0.2) is 81.1 Å². The number of carbonyl (C=O) groups excluding carboxylic acids is 1. The topological polar surface area (TPSA) is 85.6 Å². The predicted octanol–water partition coefficient (Wildman–Crippen LogP) is 5.49. The summed E-state index contributed by atoms with van der Waals surface area (Å²) in [5.74, 6) is 0.907. The standard InChI is InChI=1S/C27H25BrN4O3/c1-17(2)26-31-24-13-8-20(28)14-23(24)27(34)32(26)29-15-19-6-11-22(12-7-19)35-16-25(33)30-21-9-4-18(3)5-10-21/h4-15,17H,16H2,1-3H3,(H,30,33). The van der Waals surface area contributed by atoms with Gasteiger partial charge in [-0.05, 0) is 67.1 Å². The Hall–Kier alpha value is -3.78. The van der Waals surface area contributed by atoms with Gasteiger partial charge in [0.25, 0.3) is 11.5 Å². The highest BCUT2D eigenvalue weighted by atomic mass is 79.9. The summed E-state index contributed by atoms with van der Waals surface area (Å²) in [7, 11) is 0. The molecule has 1 heterocycles. The first-order valence-corrected chi connectivity index (χ1v) is 12.0. The Kier molecular flexibility index (Phi) is 7.41. The third-order valence-corrected chi connectivity index (χ3v) is 5.75. The van der Waals surface area contributed by atoms with Gasteiger partial charge >= 0.3 is 0 Å². The van der Waals surface area contributed by atoms with E-state index in [2.05, 4.69) is 31.3 Å². The number of aromatic nitrogens is 2. The van der Waals surface area contributed by atoms with Gasteiger partial charge < -0.3 is 10.1 Å². The molecule has 0 unspecified atom stereocenters. The average Bonchev–Trinajstić information content (AvgIpc) is 2.84. The van der Waals surface area contributed by atoms with Gasteiger partial charge in [0.05, 0.1) is 17.1 Å². The first-order valence-electron chi connectivity index (χ1n) is 11.2. The van der Waals surface area contributed by atoms with Crippen molar-refractivity contribution < 1.29 is 9.53 Å². The molecule has 4 rings (SSSR count). The molecule has 8 heteroatoms. The van der Waals surface area contributed by atoms with Gasteiger partial charge in [-0.3, -0.25) is 9.59 Å². The first kappa shape index (κ1) is 24.3. The quantitative estimate of drug-likeness (QED) is 0.319. The molecule has 0 aliphatic rings. The molecular weight excluding hydrogens is 508 g/mol. The lowest BCUT2D eigenvalue weighted by Gasteiger charge is -2.12. The van der Waals surface area contributed by atoms with Crippen molar-refractivity contribution in [2.75, 3.05) is 11.9 Å². The molecule has 4 aromatic rings. The number of halogens is 1. The Bertz CT molecular complexity index is 1440. The van der Waals surface area contributed by atoms with Crippen LogP contribution >= 0.6 is 15.9 Å². The van der Waals surface area contributed by atoms with Crippen molar-refractivity contribution in [2.24, 2.45) is 5.10 Å². The number of nitrogens with zero attached hydrogens (tertiary/aromatic N) is 3. The molecular formula is C27H25BrN4O3. The van der Waals surface area contributed by atoms with E-state index < -0.39 is 0 Å². The van der Waals surface area contributed by atoms with E-state index in [4.69, 9.17) is 4.74 Å². The minimum absolute atomic E-state index is 0.00901. The minimum Gasteiger partial charge on any atom is -0.484 e. The van der Waals surface area contributed by atoms with Crippen molar-refractivity contribution in [3.8, 4) is 5.75 Å². The molecule has 0 bridgehead atoms. The highest BCUT2D eigenvalue weighted by Gasteiger charge is 2.13. The molecule has 0 saturated carbocycles. The second-order valence-corrected chi connectivity index (χ2v) is 9.34. The van der Waals surface area contributed by atoms with Gasteiger partial charge in [-0.15, -0.1) is 0 Å². The third kappa shape index (κ3) is 6.02. The molecule has 1 aromatic heterocycles. The van der Waals surface area contributed by atoms with Crippen LogP contribution in [-0.2, 0) is 4.79 Å². The van der Waals surface area contributed by atoms with Crippen LogP contribution in [-0.4, -0.2) is 28.4 Å². The number of rotatable bonds is 7. The number of carbonyl (C=O) groups is 1. The van der Waals surface area contributed by atoms with Crippen molar-refractivity contribution in [3.05, 3.63) is 98.5 Å². The average molecular weight is 533 g/mol. The molecule has 3 aromatic carbocycles. The van der Waals surface area contributed by atoms with E-state index in [1.165, 1.54) is 4.68 Å². The molecule has 7 nitrogen and oxygen atoms in total. The fourth-order valence-corrected chi connectivity index (χ4v) is 3.77. The van der Waals surface area contributed by atoms with Crippen LogP contribution in [0.1, 0.15) is 36.7 Å². The summed E-state index contributed by atoms with van der Waals surface area (Å²) < 4.78 is 7.74. The zero-order valence-electron chi connectivity index (χ0n) is 19.7. The molecule has 0 aliphatic carbocycles. The van der Waals surface area contributed by atoms with Gasteiger partial charge in [-0.1, -0.05) is 47.5 Å². The van der Waals surface area contributed by atoms with Crippen molar-refractivity contribution in [1.29, 1.82) is 0 Å². The number of hydrogen-bond acceptors (Lipinski definition) is 5. The first-order chi connectivity index (χ1) is 16.8. The van der Waals surface area contributed by atoms with E-state index in [1.807, 2.05) is 69.3 Å². The highest BCUT2D eigenvalue weighted by Crippen LogP contribution is 2.19. The largest absolute Gasteiger partial charge is 0.484 e. The summed E-state index contributed by atoms with van der Waals surface area (Å²) in [5, 5.41) is 7.72. The van der Waals surface area contributed by atoms with Crippen LogP contribution < -0.4 is 15.6 Å². The molecule has 1 N–H and O–H groups in total. The van der Waals surface area contributed by atoms with Gasteiger partial charge in [0, 0.05) is 16.1 Å².